The van der Waals surface area contributed by atoms with Gasteiger partial charge < -0.3 is 5.32 Å². The highest BCUT2D eigenvalue weighted by Crippen LogP contribution is 2.37. The van der Waals surface area contributed by atoms with Crippen LogP contribution in [0.1, 0.15) is 24.0 Å². The molecule has 82 valence electrons. The number of urea groups is 1. The number of carbonyl (C=O) groups excluding carboxylic acids is 2. The first-order chi connectivity index (χ1) is 7.72. The predicted molar refractivity (Wildman–Crippen MR) is 57.7 cm³/mol. The second-order valence-corrected chi connectivity index (χ2v) is 4.32. The van der Waals surface area contributed by atoms with E-state index < -0.39 is 5.54 Å². The van der Waals surface area contributed by atoms with Crippen molar-refractivity contribution in [1.29, 1.82) is 0 Å². The lowest BCUT2D eigenvalue weighted by Crippen LogP contribution is -2.46. The van der Waals surface area contributed by atoms with E-state index in [4.69, 9.17) is 0 Å². The number of benzene rings is 1. The van der Waals surface area contributed by atoms with Gasteiger partial charge in [0.1, 0.15) is 5.54 Å². The van der Waals surface area contributed by atoms with Gasteiger partial charge in [-0.3, -0.25) is 10.1 Å². The molecule has 1 saturated heterocycles. The van der Waals surface area contributed by atoms with Gasteiger partial charge in [-0.15, -0.1) is 0 Å². The second-order valence-electron chi connectivity index (χ2n) is 4.32. The summed E-state index contributed by atoms with van der Waals surface area (Å²) in [6.07, 6.45) is 2.58. The van der Waals surface area contributed by atoms with E-state index >= 15 is 0 Å². The number of amides is 3. The first-order valence-electron chi connectivity index (χ1n) is 5.44. The predicted octanol–water partition coefficient (Wildman–Crippen LogP) is 1.06. The molecule has 1 aliphatic heterocycles. The largest absolute Gasteiger partial charge is 0.322 e. The Labute approximate surface area is 93.0 Å². The van der Waals surface area contributed by atoms with Crippen LogP contribution in [0.3, 0.4) is 0 Å². The Hall–Kier alpha value is -1.84. The van der Waals surface area contributed by atoms with Crippen molar-refractivity contribution < 1.29 is 9.59 Å². The van der Waals surface area contributed by atoms with E-state index in [2.05, 4.69) is 10.6 Å². The van der Waals surface area contributed by atoms with E-state index in [9.17, 15) is 9.59 Å². The maximum absolute atomic E-state index is 11.9. The van der Waals surface area contributed by atoms with Crippen molar-refractivity contribution in [2.75, 3.05) is 0 Å². The van der Waals surface area contributed by atoms with Gasteiger partial charge in [-0.2, -0.15) is 0 Å². The lowest BCUT2D eigenvalue weighted by atomic mass is 9.62. The van der Waals surface area contributed by atoms with E-state index in [1.54, 1.807) is 0 Å². The molecule has 1 heterocycles. The molecule has 1 aromatic rings. The number of carbonyl (C=O) groups is 2. The molecule has 4 nitrogen and oxygen atoms in total. The fourth-order valence-corrected chi connectivity index (χ4v) is 2.69. The summed E-state index contributed by atoms with van der Waals surface area (Å²) in [6.45, 7) is 0. The Bertz CT molecular complexity index is 484. The van der Waals surface area contributed by atoms with E-state index in [0.29, 0.717) is 6.42 Å². The molecule has 3 amide bonds. The molecule has 1 aromatic carbocycles. The summed E-state index contributed by atoms with van der Waals surface area (Å²) in [6, 6.07) is 7.44. The molecule has 0 saturated carbocycles. The molecule has 16 heavy (non-hydrogen) atoms. The Kier molecular flexibility index (Phi) is 1.80. The molecule has 0 radical (unpaired) electrons. The van der Waals surface area contributed by atoms with Crippen LogP contribution < -0.4 is 10.6 Å². The van der Waals surface area contributed by atoms with Crippen LogP contribution in [0.2, 0.25) is 0 Å². The van der Waals surface area contributed by atoms with Gasteiger partial charge in [0.2, 0.25) is 0 Å². The fourth-order valence-electron chi connectivity index (χ4n) is 2.69. The van der Waals surface area contributed by atoms with Gasteiger partial charge in [0, 0.05) is 0 Å². The Balaban J connectivity index is 2.17. The maximum atomic E-state index is 11.9. The molecule has 1 fully saturated rings. The van der Waals surface area contributed by atoms with Crippen molar-refractivity contribution in [2.24, 2.45) is 0 Å². The van der Waals surface area contributed by atoms with Gasteiger partial charge in [0.25, 0.3) is 5.91 Å². The summed E-state index contributed by atoms with van der Waals surface area (Å²) in [5.74, 6) is -0.218. The highest BCUT2D eigenvalue weighted by atomic mass is 16.2. The molecule has 0 bridgehead atoms. The average Bonchev–Trinajstić information content (AvgIpc) is 2.55. The molecule has 1 unspecified atom stereocenters. The van der Waals surface area contributed by atoms with Crippen molar-refractivity contribution in [1.82, 2.24) is 10.6 Å². The van der Waals surface area contributed by atoms with Crippen LogP contribution in [0.25, 0.3) is 0 Å². The quantitative estimate of drug-likeness (QED) is 0.636. The van der Waals surface area contributed by atoms with Crippen molar-refractivity contribution in [3.8, 4) is 0 Å². The summed E-state index contributed by atoms with van der Waals surface area (Å²) in [5.41, 5.74) is 1.29. The van der Waals surface area contributed by atoms with Crippen molar-refractivity contribution in [3.63, 3.8) is 0 Å². The summed E-state index contributed by atoms with van der Waals surface area (Å²) in [5, 5.41) is 5.10. The van der Waals surface area contributed by atoms with Crippen LogP contribution >= 0.6 is 0 Å². The molecular formula is C12H12N2O2. The van der Waals surface area contributed by atoms with Crippen molar-refractivity contribution in [2.45, 2.75) is 24.8 Å². The summed E-state index contributed by atoms with van der Waals surface area (Å²) in [4.78, 5) is 23.2. The number of hydrogen-bond donors (Lipinski definition) is 2. The molecule has 2 N–H and O–H groups in total. The summed E-state index contributed by atoms with van der Waals surface area (Å²) >= 11 is 0. The lowest BCUT2D eigenvalue weighted by Gasteiger charge is -2.32. The second kappa shape index (κ2) is 3.07. The Morgan fingerprint density at radius 3 is 2.75 bits per heavy atom. The third-order valence-electron chi connectivity index (χ3n) is 3.42. The van der Waals surface area contributed by atoms with Crippen molar-refractivity contribution >= 4 is 11.9 Å². The van der Waals surface area contributed by atoms with Gasteiger partial charge in [0.05, 0.1) is 0 Å². The minimum absolute atomic E-state index is 0.218. The number of fused-ring (bicyclic) bond motifs is 2. The van der Waals surface area contributed by atoms with Gasteiger partial charge in [0.15, 0.2) is 0 Å². The molecule has 2 aliphatic rings. The number of hydrogen-bond acceptors (Lipinski definition) is 2. The van der Waals surface area contributed by atoms with Crippen LogP contribution in [0, 0.1) is 0 Å². The van der Waals surface area contributed by atoms with E-state index in [1.807, 2.05) is 24.3 Å². The SMILES string of the molecule is O=C1N[11C](=O)C2(CCCc3ccccc32)N1. The van der Waals surface area contributed by atoms with Crippen LogP contribution in [0.5, 0.6) is 0 Å². The zero-order valence-electron chi connectivity index (χ0n) is 8.75. The standard InChI is InChI=1S/C12H12N2O2/c15-10-12(14-11(16)13-10)7-3-5-8-4-1-2-6-9(8)12/h1-2,4,6H,3,5,7H2,(H2,13,14,15,16)/i10-1. The third-order valence-corrected chi connectivity index (χ3v) is 3.42. The summed E-state index contributed by atoms with van der Waals surface area (Å²) in [7, 11) is 0. The highest BCUT2D eigenvalue weighted by Gasteiger charge is 2.49. The zero-order chi connectivity index (χ0) is 11.2. The zero-order valence-corrected chi connectivity index (χ0v) is 8.75. The minimum atomic E-state index is -0.814. The van der Waals surface area contributed by atoms with Crippen molar-refractivity contribution in [3.05, 3.63) is 35.4 Å². The normalized spacial score (nSPS) is 27.5. The van der Waals surface area contributed by atoms with Gasteiger partial charge >= 0.3 is 6.03 Å². The van der Waals surface area contributed by atoms with Gasteiger partial charge in [-0.25, -0.2) is 4.79 Å². The highest BCUT2D eigenvalue weighted by molar-refractivity contribution is 6.07. The van der Waals surface area contributed by atoms with Crippen LogP contribution in [-0.2, 0) is 16.8 Å². The van der Waals surface area contributed by atoms with Gasteiger partial charge in [-0.05, 0) is 30.4 Å². The van der Waals surface area contributed by atoms with E-state index in [-0.39, 0.29) is 11.9 Å². The number of imide groups is 1. The lowest BCUT2D eigenvalue weighted by molar-refractivity contribution is -0.124. The van der Waals surface area contributed by atoms with Crippen LogP contribution in [0.4, 0.5) is 4.79 Å². The Morgan fingerprint density at radius 2 is 2.00 bits per heavy atom. The smallest absolute Gasteiger partial charge is 0.319 e. The number of rotatable bonds is 0. The fraction of sp³-hybridized carbons (Fsp3) is 0.333. The molecule has 1 atom stereocenters. The monoisotopic (exact) mass is 215 g/mol. The molecule has 3 rings (SSSR count). The van der Waals surface area contributed by atoms with E-state index in [1.165, 1.54) is 0 Å². The number of aryl methyl sites for hydroxylation is 1. The van der Waals surface area contributed by atoms with E-state index in [0.717, 1.165) is 24.0 Å². The minimum Gasteiger partial charge on any atom is -0.319 e. The molecule has 1 spiro atoms. The first kappa shape index (κ1) is 9.39. The summed E-state index contributed by atoms with van der Waals surface area (Å²) < 4.78 is 0. The molecule has 1 aliphatic carbocycles. The van der Waals surface area contributed by atoms with Crippen LogP contribution in [-0.4, -0.2) is 11.9 Å². The van der Waals surface area contributed by atoms with Gasteiger partial charge in [-0.1, -0.05) is 24.3 Å². The first-order valence-corrected chi connectivity index (χ1v) is 5.44. The number of nitrogens with one attached hydrogen (secondary N) is 2. The topological polar surface area (TPSA) is 58.2 Å². The third kappa shape index (κ3) is 1.10. The molecular weight excluding hydrogens is 203 g/mol. The molecule has 4 heteroatoms. The molecule has 0 aromatic heterocycles. The average molecular weight is 215 g/mol. The Morgan fingerprint density at radius 1 is 1.19 bits per heavy atom. The maximum Gasteiger partial charge on any atom is 0.322 e. The van der Waals surface area contributed by atoms with Crippen LogP contribution in [0.15, 0.2) is 24.3 Å².